The van der Waals surface area contributed by atoms with Crippen molar-refractivity contribution in [2.45, 2.75) is 102 Å². The number of fused-ring (bicyclic) bond motifs is 6. The summed E-state index contributed by atoms with van der Waals surface area (Å²) in [5, 5.41) is 20.1. The van der Waals surface area contributed by atoms with Crippen LogP contribution in [0.25, 0.3) is 56.1 Å². The summed E-state index contributed by atoms with van der Waals surface area (Å²) in [5.74, 6) is 2.10. The fraction of sp³-hybridized carbons (Fsp3) is 0.333. The fourth-order valence-corrected chi connectivity index (χ4v) is 16.2. The Morgan fingerprint density at radius 3 is 1.72 bits per heavy atom. The zero-order valence-corrected chi connectivity index (χ0v) is 63.1. The zero-order valence-electron chi connectivity index (χ0n) is 63.1. The Hall–Kier alpha value is -11.7. The van der Waals surface area contributed by atoms with Crippen LogP contribution < -0.4 is 36.6 Å². The molecule has 574 valence electrons. The van der Waals surface area contributed by atoms with Crippen LogP contribution in [-0.2, 0) is 60.5 Å². The first kappa shape index (κ1) is 73.2. The second kappa shape index (κ2) is 31.6. The summed E-state index contributed by atoms with van der Waals surface area (Å²) in [7, 11) is 10.00. The van der Waals surface area contributed by atoms with Crippen LogP contribution in [0.3, 0.4) is 0 Å². The van der Waals surface area contributed by atoms with E-state index >= 15 is 0 Å². The highest BCUT2D eigenvalue weighted by molar-refractivity contribution is 6.08. The second-order valence-corrected chi connectivity index (χ2v) is 29.8. The third-order valence-electron chi connectivity index (χ3n) is 21.6. The summed E-state index contributed by atoms with van der Waals surface area (Å²) < 4.78 is 56.3. The van der Waals surface area contributed by atoms with Crippen molar-refractivity contribution in [2.24, 2.45) is 7.05 Å². The van der Waals surface area contributed by atoms with E-state index in [-0.39, 0.29) is 41.6 Å². The van der Waals surface area contributed by atoms with E-state index in [4.69, 9.17) is 38.9 Å². The predicted octanol–water partition coefficient (Wildman–Crippen LogP) is 12.7. The Morgan fingerprint density at radius 2 is 1.12 bits per heavy atom. The Balaban J connectivity index is 0.000000122. The molecule has 0 saturated carbocycles. The average molecular weight is 1510 g/mol. The van der Waals surface area contributed by atoms with Gasteiger partial charge in [0.05, 0.1) is 112 Å². The lowest BCUT2D eigenvalue weighted by Crippen LogP contribution is -2.26. The van der Waals surface area contributed by atoms with Gasteiger partial charge in [0.1, 0.15) is 57.9 Å². The largest absolute Gasteiger partial charge is 0.488 e. The number of carbonyl (C=O) groups is 3. The van der Waals surface area contributed by atoms with E-state index in [1.807, 2.05) is 120 Å². The van der Waals surface area contributed by atoms with Crippen molar-refractivity contribution in [3.63, 3.8) is 0 Å². The molecule has 0 radical (unpaired) electrons. The number of nitrogens with one attached hydrogen (secondary N) is 6. The minimum atomic E-state index is -0.346. The number of amides is 3. The third kappa shape index (κ3) is 15.0. The summed E-state index contributed by atoms with van der Waals surface area (Å²) >= 11 is 0. The number of aromatic nitrogens is 10. The number of imidazole rings is 2. The molecule has 0 bridgehead atoms. The Kier molecular flexibility index (Phi) is 20.6. The molecular weight excluding hydrogens is 1430 g/mol. The lowest BCUT2D eigenvalue weighted by atomic mass is 9.96. The summed E-state index contributed by atoms with van der Waals surface area (Å²) in [6.45, 7) is 9.36. The molecule has 1 unspecified atom stereocenters. The third-order valence-corrected chi connectivity index (χ3v) is 21.6. The van der Waals surface area contributed by atoms with Crippen LogP contribution in [0.1, 0.15) is 133 Å². The molecule has 26 nitrogen and oxygen atoms in total. The number of hydrogen-bond acceptors (Lipinski definition) is 20. The van der Waals surface area contributed by atoms with Gasteiger partial charge in [-0.2, -0.15) is 0 Å². The molecule has 6 N–H and O–H groups in total. The molecule has 12 aromatic rings. The van der Waals surface area contributed by atoms with E-state index in [1.165, 1.54) is 42.7 Å². The van der Waals surface area contributed by atoms with E-state index < -0.39 is 0 Å². The predicted molar refractivity (Wildman–Crippen MR) is 421 cm³/mol. The van der Waals surface area contributed by atoms with Crippen molar-refractivity contribution in [1.82, 2.24) is 78.9 Å². The summed E-state index contributed by atoms with van der Waals surface area (Å²) in [5.41, 5.74) is 18.8. The first-order valence-electron chi connectivity index (χ1n) is 38.2. The van der Waals surface area contributed by atoms with Gasteiger partial charge in [-0.05, 0) is 151 Å². The van der Waals surface area contributed by atoms with Gasteiger partial charge in [-0.1, -0.05) is 24.3 Å². The van der Waals surface area contributed by atoms with Crippen LogP contribution in [-0.4, -0.2) is 161 Å². The number of benzene rings is 2. The maximum Gasteiger partial charge on any atom is 0.254 e. The highest BCUT2D eigenvalue weighted by Gasteiger charge is 2.33. The number of ether oxygens (including phenoxy) is 4. The van der Waals surface area contributed by atoms with Gasteiger partial charge < -0.3 is 65.2 Å². The Labute approximate surface area is 645 Å². The molecule has 2 atom stereocenters. The first-order valence-corrected chi connectivity index (χ1v) is 38.2. The molecule has 28 heteroatoms. The number of rotatable bonds is 19. The first-order chi connectivity index (χ1) is 54.6. The number of likely N-dealkylation sites (tertiary alicyclic amines) is 1. The number of pyridine rings is 7. The number of nitrogens with zero attached hydrogens (tertiary/aromatic N) is 13. The summed E-state index contributed by atoms with van der Waals surface area (Å²) in [4.78, 5) is 78.3. The van der Waals surface area contributed by atoms with Crippen LogP contribution >= 0.6 is 0 Å². The van der Waals surface area contributed by atoms with E-state index in [1.54, 1.807) is 37.2 Å². The van der Waals surface area contributed by atoms with Crippen LogP contribution in [0.15, 0.2) is 140 Å². The minimum Gasteiger partial charge on any atom is -0.488 e. The molecule has 10 aromatic heterocycles. The van der Waals surface area contributed by atoms with Crippen molar-refractivity contribution in [2.75, 3.05) is 90.3 Å². The number of carbonyl (C=O) groups excluding carboxylic acids is 3. The molecule has 3 amide bonds. The van der Waals surface area contributed by atoms with Crippen LogP contribution in [0.4, 0.5) is 43.3 Å². The van der Waals surface area contributed by atoms with Gasteiger partial charge in [0.2, 0.25) is 0 Å². The van der Waals surface area contributed by atoms with Crippen LogP contribution in [0, 0.1) is 11.6 Å². The lowest BCUT2D eigenvalue weighted by Gasteiger charge is -2.25. The van der Waals surface area contributed by atoms with E-state index in [2.05, 4.69) is 68.8 Å². The van der Waals surface area contributed by atoms with E-state index in [0.29, 0.717) is 109 Å². The molecule has 0 aliphatic carbocycles. The van der Waals surface area contributed by atoms with Crippen molar-refractivity contribution >= 4 is 74.6 Å². The van der Waals surface area contributed by atoms with Crippen molar-refractivity contribution in [3.8, 4) is 39.5 Å². The minimum absolute atomic E-state index is 0.0785. The lowest BCUT2D eigenvalue weighted by molar-refractivity contribution is 0.0248. The number of hydrogen-bond donors (Lipinski definition) is 6. The molecule has 112 heavy (non-hydrogen) atoms. The molecule has 4 saturated heterocycles. The van der Waals surface area contributed by atoms with Gasteiger partial charge in [-0.3, -0.25) is 33.1 Å². The van der Waals surface area contributed by atoms with Crippen molar-refractivity contribution in [1.29, 1.82) is 0 Å². The number of aryl methyl sites for hydroxylation is 1. The highest BCUT2D eigenvalue weighted by atomic mass is 19.1. The van der Waals surface area contributed by atoms with Gasteiger partial charge in [0.25, 0.3) is 17.7 Å². The quantitative estimate of drug-likeness (QED) is 0.0439. The maximum absolute atomic E-state index is 13.7. The van der Waals surface area contributed by atoms with Gasteiger partial charge in [0.15, 0.2) is 0 Å². The summed E-state index contributed by atoms with van der Waals surface area (Å²) in [6, 6.07) is 29.3. The Bertz CT molecular complexity index is 5600. The van der Waals surface area contributed by atoms with Gasteiger partial charge in [0, 0.05) is 148 Å². The average Bonchev–Trinajstić information content (AvgIpc) is 1.59. The van der Waals surface area contributed by atoms with Gasteiger partial charge in [-0.15, -0.1) is 0 Å². The molecule has 0 spiro atoms. The smallest absolute Gasteiger partial charge is 0.254 e. The standard InChI is InChI=1S/C29H31N7O2.C28H29FN6O3.C27H27FN6O2/c1-35-12-7-21-20(6-9-30-28(21)35)27-22-14-32-29(37)26(22)23(15-31-27)33-25-5-4-19(18-8-13-38-17-18)24(34-25)16-36-10-2-3-11-36;1-34(2)16-22-24(38-18-8-11-37-12-9-18)5-6-25(33-22)32-21-4-3-19(20-14-31-28(36)27(20)21)23-15-30-26-13-17(29)7-10-35(23)26;1-33(2)15-21-18(23-4-3-11-36-23)6-8-24(32-21)31-20-7-5-17(19-13-30-27(35)26(19)20)22-14-29-25-12-16(28)9-10-34(22)25/h4-7,9,12,15,18H,2-3,8,10-11,13-14,16-17H2,1H3,(H,32,37)(H,33,34);3-7,10,13,15,18H,8-9,11-12,14,16H2,1-2H3,(H,31,36)(H,32,33);5-10,12,14,23H,3-4,11,13,15H2,1-2H3,(H,30,35)(H,31,32)/t;;23-/m..1/s1. The molecule has 7 aliphatic rings. The van der Waals surface area contributed by atoms with Crippen molar-refractivity contribution in [3.05, 3.63) is 214 Å². The monoisotopic (exact) mass is 1510 g/mol. The SMILES string of the molecule is CN(C)Cc1nc(Nc2ccc(-c3cnc4cc(F)ccn34)c3c2C(=O)NC3)ccc1OC1CCOCC1.CN(C)Cc1nc(Nc2ccc(-c3cnc4cc(F)ccn34)c3c2C(=O)NC3)ccc1[C@H]1CCCO1.Cn1ccc2c(-c3ncc(Nc4ccc(C5CCOC5)c(CN5CCCC5)n4)c4c3CNC4=O)ccnc21. The second-order valence-electron chi connectivity index (χ2n) is 29.8. The zero-order chi connectivity index (χ0) is 76.7. The van der Waals surface area contributed by atoms with Crippen LogP contribution in [0.2, 0.25) is 0 Å². The van der Waals surface area contributed by atoms with Gasteiger partial charge in [-0.25, -0.2) is 38.7 Å². The maximum atomic E-state index is 13.7. The number of anilines is 6. The van der Waals surface area contributed by atoms with Crippen molar-refractivity contribution < 1.29 is 42.1 Å². The molecule has 17 heterocycles. The molecule has 19 rings (SSSR count). The molecule has 4 fully saturated rings. The van der Waals surface area contributed by atoms with E-state index in [9.17, 15) is 23.2 Å². The molecule has 7 aliphatic heterocycles. The van der Waals surface area contributed by atoms with Crippen LogP contribution in [0.5, 0.6) is 5.75 Å². The highest BCUT2D eigenvalue weighted by Crippen LogP contribution is 2.42. The van der Waals surface area contributed by atoms with Gasteiger partial charge >= 0.3 is 0 Å². The Morgan fingerprint density at radius 1 is 0.545 bits per heavy atom. The molecular formula is C84H87F2N19O7. The number of halogens is 2. The molecule has 2 aromatic carbocycles. The summed E-state index contributed by atoms with van der Waals surface area (Å²) in [6.07, 6.45) is 19.7. The normalized spacial score (nSPS) is 17.3. The van der Waals surface area contributed by atoms with E-state index in [0.717, 1.165) is 167 Å². The fourth-order valence-electron chi connectivity index (χ4n) is 16.2. The topological polar surface area (TPSA) is 274 Å².